The lowest BCUT2D eigenvalue weighted by Gasteiger charge is -2.36. The van der Waals surface area contributed by atoms with Gasteiger partial charge in [-0.15, -0.1) is 0 Å². The second-order valence-corrected chi connectivity index (χ2v) is 10.4. The van der Waals surface area contributed by atoms with Crippen LogP contribution in [-0.4, -0.2) is 27.5 Å². The summed E-state index contributed by atoms with van der Waals surface area (Å²) in [4.78, 5) is 11.1. The predicted molar refractivity (Wildman–Crippen MR) is 69.0 cm³/mol. The third kappa shape index (κ3) is 5.65. The molecular weight excluding hydrogens is 220 g/mol. The third-order valence-corrected chi connectivity index (χ3v) is 7.61. The van der Waals surface area contributed by atoms with Crippen LogP contribution in [0.15, 0.2) is 0 Å². The van der Waals surface area contributed by atoms with Gasteiger partial charge in [-0.2, -0.15) is 0 Å². The Morgan fingerprint density at radius 1 is 1.19 bits per heavy atom. The van der Waals surface area contributed by atoms with Crippen LogP contribution < -0.4 is 0 Å². The number of hydrogen-bond donors (Lipinski definition) is 0. The summed E-state index contributed by atoms with van der Waals surface area (Å²) in [7, 11) is -1.69. The highest BCUT2D eigenvalue weighted by Gasteiger charge is 2.36. The molecule has 0 bridgehead atoms. The van der Waals surface area contributed by atoms with Crippen molar-refractivity contribution < 1.29 is 14.0 Å². The summed E-state index contributed by atoms with van der Waals surface area (Å²) in [5.74, 6) is -0.124. The van der Waals surface area contributed by atoms with Crippen LogP contribution in [0.3, 0.4) is 0 Å². The van der Waals surface area contributed by atoms with E-state index in [1.807, 2.05) is 6.92 Å². The van der Waals surface area contributed by atoms with Crippen LogP contribution >= 0.6 is 0 Å². The van der Waals surface area contributed by atoms with Gasteiger partial charge in [-0.25, -0.2) is 0 Å². The first kappa shape index (κ1) is 15.6. The molecule has 0 saturated carbocycles. The maximum atomic E-state index is 11.1. The van der Waals surface area contributed by atoms with E-state index in [-0.39, 0.29) is 11.0 Å². The molecule has 0 saturated heterocycles. The van der Waals surface area contributed by atoms with Gasteiger partial charge >= 0.3 is 5.97 Å². The minimum Gasteiger partial charge on any atom is -0.463 e. The first-order valence-corrected chi connectivity index (χ1v) is 8.91. The van der Waals surface area contributed by atoms with Gasteiger partial charge in [-0.05, 0) is 24.6 Å². The van der Waals surface area contributed by atoms with E-state index in [0.29, 0.717) is 19.6 Å². The largest absolute Gasteiger partial charge is 0.463 e. The highest BCUT2D eigenvalue weighted by Crippen LogP contribution is 2.36. The third-order valence-electron chi connectivity index (χ3n) is 3.07. The van der Waals surface area contributed by atoms with Gasteiger partial charge in [-0.3, -0.25) is 4.79 Å². The summed E-state index contributed by atoms with van der Waals surface area (Å²) >= 11 is 0. The SMILES string of the molecule is CCCC(=O)OCCO[Si](C)(C)C(C)(C)C. The van der Waals surface area contributed by atoms with Crippen molar-refractivity contribution in [3.8, 4) is 0 Å². The van der Waals surface area contributed by atoms with Gasteiger partial charge in [0, 0.05) is 6.42 Å². The summed E-state index contributed by atoms with van der Waals surface area (Å²) < 4.78 is 10.9. The van der Waals surface area contributed by atoms with Crippen LogP contribution in [0, 0.1) is 0 Å². The maximum absolute atomic E-state index is 11.1. The van der Waals surface area contributed by atoms with Crippen molar-refractivity contribution in [2.24, 2.45) is 0 Å². The molecule has 0 unspecified atom stereocenters. The average molecular weight is 246 g/mol. The van der Waals surface area contributed by atoms with Gasteiger partial charge in [0.15, 0.2) is 8.32 Å². The van der Waals surface area contributed by atoms with Crippen molar-refractivity contribution in [3.05, 3.63) is 0 Å². The minimum atomic E-state index is -1.69. The highest BCUT2D eigenvalue weighted by atomic mass is 28.4. The molecular formula is C12H26O3Si. The molecule has 0 radical (unpaired) electrons. The number of carbonyl (C=O) groups excluding carboxylic acids is 1. The van der Waals surface area contributed by atoms with E-state index in [9.17, 15) is 4.79 Å². The summed E-state index contributed by atoms with van der Waals surface area (Å²) in [6, 6.07) is 0. The molecule has 16 heavy (non-hydrogen) atoms. The van der Waals surface area contributed by atoms with E-state index >= 15 is 0 Å². The fourth-order valence-corrected chi connectivity index (χ4v) is 1.97. The topological polar surface area (TPSA) is 35.5 Å². The summed E-state index contributed by atoms with van der Waals surface area (Å²) in [6.07, 6.45) is 1.34. The van der Waals surface area contributed by atoms with E-state index in [4.69, 9.17) is 9.16 Å². The van der Waals surface area contributed by atoms with Crippen molar-refractivity contribution in [1.29, 1.82) is 0 Å². The molecule has 0 amide bonds. The summed E-state index contributed by atoms with van der Waals surface area (Å²) in [6.45, 7) is 13.8. The Hall–Kier alpha value is -0.353. The van der Waals surface area contributed by atoms with Gasteiger partial charge in [0.1, 0.15) is 6.61 Å². The van der Waals surface area contributed by atoms with Crippen LogP contribution in [-0.2, 0) is 14.0 Å². The summed E-state index contributed by atoms with van der Waals surface area (Å²) in [5, 5.41) is 0.209. The zero-order valence-electron chi connectivity index (χ0n) is 11.6. The molecule has 0 aliphatic carbocycles. The standard InChI is InChI=1S/C12H26O3Si/c1-7-8-11(13)14-9-10-15-16(5,6)12(2,3)4/h7-10H2,1-6H3. The molecule has 0 aromatic carbocycles. The molecule has 96 valence electrons. The smallest absolute Gasteiger partial charge is 0.305 e. The van der Waals surface area contributed by atoms with Gasteiger partial charge in [0.05, 0.1) is 6.61 Å². The zero-order chi connectivity index (χ0) is 12.8. The van der Waals surface area contributed by atoms with Gasteiger partial charge in [0.25, 0.3) is 0 Å². The molecule has 3 nitrogen and oxygen atoms in total. The lowest BCUT2D eigenvalue weighted by Crippen LogP contribution is -2.41. The predicted octanol–water partition coefficient (Wildman–Crippen LogP) is 3.35. The van der Waals surface area contributed by atoms with E-state index in [1.165, 1.54) is 0 Å². The maximum Gasteiger partial charge on any atom is 0.305 e. The molecule has 0 aromatic heterocycles. The Kier molecular flexibility index (Phi) is 6.26. The number of ether oxygens (including phenoxy) is 1. The molecule has 0 aromatic rings. The fourth-order valence-electron chi connectivity index (χ4n) is 0.945. The number of carbonyl (C=O) groups is 1. The normalized spacial score (nSPS) is 12.6. The first-order chi connectivity index (χ1) is 7.20. The van der Waals surface area contributed by atoms with E-state index in [0.717, 1.165) is 6.42 Å². The van der Waals surface area contributed by atoms with Crippen LogP contribution in [0.4, 0.5) is 0 Å². The highest BCUT2D eigenvalue weighted by molar-refractivity contribution is 6.74. The van der Waals surface area contributed by atoms with Crippen molar-refractivity contribution in [2.45, 2.75) is 58.7 Å². The van der Waals surface area contributed by atoms with Crippen LogP contribution in [0.1, 0.15) is 40.5 Å². The van der Waals surface area contributed by atoms with Crippen LogP contribution in [0.5, 0.6) is 0 Å². The quantitative estimate of drug-likeness (QED) is 0.409. The van der Waals surface area contributed by atoms with E-state index < -0.39 is 8.32 Å². The van der Waals surface area contributed by atoms with Crippen LogP contribution in [0.25, 0.3) is 0 Å². The van der Waals surface area contributed by atoms with Gasteiger partial charge in [0.2, 0.25) is 0 Å². The van der Waals surface area contributed by atoms with Gasteiger partial charge < -0.3 is 9.16 Å². The molecule has 0 fully saturated rings. The Morgan fingerprint density at radius 3 is 2.19 bits per heavy atom. The molecule has 0 spiro atoms. The van der Waals surface area contributed by atoms with Crippen molar-refractivity contribution in [3.63, 3.8) is 0 Å². The lowest BCUT2D eigenvalue weighted by molar-refractivity contribution is -0.144. The van der Waals surface area contributed by atoms with Gasteiger partial charge in [-0.1, -0.05) is 27.7 Å². The molecule has 4 heteroatoms. The van der Waals surface area contributed by atoms with Crippen molar-refractivity contribution >= 4 is 14.3 Å². The minimum absolute atomic E-state index is 0.124. The number of rotatable bonds is 6. The molecule has 0 aliphatic rings. The molecule has 0 rings (SSSR count). The number of esters is 1. The van der Waals surface area contributed by atoms with Crippen LogP contribution in [0.2, 0.25) is 18.1 Å². The second-order valence-electron chi connectivity index (χ2n) is 5.58. The van der Waals surface area contributed by atoms with Crippen molar-refractivity contribution in [1.82, 2.24) is 0 Å². The van der Waals surface area contributed by atoms with E-state index in [1.54, 1.807) is 0 Å². The van der Waals surface area contributed by atoms with E-state index in [2.05, 4.69) is 33.9 Å². The Labute approximate surface area is 101 Å². The Morgan fingerprint density at radius 2 is 1.75 bits per heavy atom. The number of hydrogen-bond acceptors (Lipinski definition) is 3. The Balaban J connectivity index is 3.78. The van der Waals surface area contributed by atoms with Crippen molar-refractivity contribution in [2.75, 3.05) is 13.2 Å². The lowest BCUT2D eigenvalue weighted by atomic mass is 10.2. The first-order valence-electron chi connectivity index (χ1n) is 6.00. The monoisotopic (exact) mass is 246 g/mol. The summed E-state index contributed by atoms with van der Waals surface area (Å²) in [5.41, 5.74) is 0. The molecule has 0 N–H and O–H groups in total. The molecule has 0 heterocycles. The fraction of sp³-hybridized carbons (Fsp3) is 0.917. The average Bonchev–Trinajstić information content (AvgIpc) is 2.11. The second kappa shape index (κ2) is 6.40. The molecule has 0 aliphatic heterocycles. The molecule has 0 atom stereocenters. The Bertz CT molecular complexity index is 219. The zero-order valence-corrected chi connectivity index (χ0v) is 12.6.